The van der Waals surface area contributed by atoms with E-state index in [-0.39, 0.29) is 23.7 Å². The Morgan fingerprint density at radius 2 is 2.03 bits per heavy atom. The Hall–Kier alpha value is -0.290. The zero-order chi connectivity index (χ0) is 21.4. The van der Waals surface area contributed by atoms with E-state index in [1.807, 2.05) is 6.08 Å². The zero-order valence-corrected chi connectivity index (χ0v) is 20.3. The van der Waals surface area contributed by atoms with Crippen molar-refractivity contribution in [3.05, 3.63) is 23.8 Å². The molecule has 0 saturated heterocycles. The summed E-state index contributed by atoms with van der Waals surface area (Å²) in [6.07, 6.45) is 13.4. The molecule has 1 fully saturated rings. The molecule has 29 heavy (non-hydrogen) atoms. The first kappa shape index (κ1) is 25.0. The molecule has 0 aromatic rings. The van der Waals surface area contributed by atoms with Crippen LogP contribution in [0.15, 0.2) is 23.8 Å². The normalized spacial score (nSPS) is 28.3. The third-order valence-corrected chi connectivity index (χ3v) is 7.86. The Morgan fingerprint density at radius 1 is 1.28 bits per heavy atom. The van der Waals surface area contributed by atoms with Gasteiger partial charge in [-0.2, -0.15) is 11.8 Å². The van der Waals surface area contributed by atoms with Crippen LogP contribution in [0.2, 0.25) is 0 Å². The minimum atomic E-state index is -0.357. The molecule has 4 heteroatoms. The molecule has 0 aromatic carbocycles. The summed E-state index contributed by atoms with van der Waals surface area (Å²) in [6, 6.07) is 0. The van der Waals surface area contributed by atoms with Gasteiger partial charge in [0.2, 0.25) is 0 Å². The van der Waals surface area contributed by atoms with Gasteiger partial charge in [-0.05, 0) is 71.1 Å². The minimum absolute atomic E-state index is 0.211. The van der Waals surface area contributed by atoms with Gasteiger partial charge in [0.1, 0.15) is 0 Å². The second-order valence-electron chi connectivity index (χ2n) is 10.1. The van der Waals surface area contributed by atoms with Crippen molar-refractivity contribution in [2.75, 3.05) is 25.1 Å². The summed E-state index contributed by atoms with van der Waals surface area (Å²) in [5.74, 6) is 3.67. The maximum Gasteiger partial charge on any atom is 0.0721 e. The zero-order valence-electron chi connectivity index (χ0n) is 19.4. The van der Waals surface area contributed by atoms with Crippen molar-refractivity contribution in [3.63, 3.8) is 0 Å². The Morgan fingerprint density at radius 3 is 2.72 bits per heavy atom. The number of hydrogen-bond acceptors (Lipinski definition) is 4. The summed E-state index contributed by atoms with van der Waals surface area (Å²) < 4.78 is 0. The molecule has 0 heterocycles. The van der Waals surface area contributed by atoms with Crippen LogP contribution in [0.25, 0.3) is 0 Å². The summed E-state index contributed by atoms with van der Waals surface area (Å²) in [5.41, 5.74) is 1.84. The summed E-state index contributed by atoms with van der Waals surface area (Å²) in [7, 11) is 2.21. The molecule has 2 rings (SSSR count). The molecule has 0 bridgehead atoms. The quantitative estimate of drug-likeness (QED) is 0.331. The van der Waals surface area contributed by atoms with Crippen LogP contribution in [0.4, 0.5) is 0 Å². The van der Waals surface area contributed by atoms with Gasteiger partial charge in [-0.15, -0.1) is 0 Å². The lowest BCUT2D eigenvalue weighted by Crippen LogP contribution is -2.39. The van der Waals surface area contributed by atoms with Crippen LogP contribution >= 0.6 is 11.8 Å². The van der Waals surface area contributed by atoms with E-state index in [4.69, 9.17) is 0 Å². The molecule has 2 N–H and O–H groups in total. The standard InChI is InChI=1S/C25H45NO2S/c1-6-7-8-9-21(27)10-11-22-23-17-19(16-20(23)18-24(22)28)12-14-29-15-13-26(5)25(2,3)4/h10-11,16,20-24,27-28H,6-9,12-15,17-18H2,1-5H3/b11-10+/t20-,21-,22+,23-,24+/m0/s1. The fourth-order valence-corrected chi connectivity index (χ4v) is 5.60. The molecule has 0 radical (unpaired) electrons. The van der Waals surface area contributed by atoms with Crippen LogP contribution in [0, 0.1) is 17.8 Å². The Kier molecular flexibility index (Phi) is 10.3. The average molecular weight is 424 g/mol. The van der Waals surface area contributed by atoms with E-state index in [2.05, 4.69) is 63.6 Å². The SMILES string of the molecule is CCCCC[C@H](O)/C=C/[C@@H]1[C@H]2CC(CCSCCN(C)C(C)(C)C)=C[C@H]2C[C@H]1O. The largest absolute Gasteiger partial charge is 0.392 e. The van der Waals surface area contributed by atoms with Crippen molar-refractivity contribution in [2.24, 2.45) is 17.8 Å². The maximum atomic E-state index is 10.5. The van der Waals surface area contributed by atoms with Gasteiger partial charge in [0.05, 0.1) is 12.2 Å². The van der Waals surface area contributed by atoms with Crippen LogP contribution in [0.1, 0.15) is 72.6 Å². The van der Waals surface area contributed by atoms with E-state index in [0.29, 0.717) is 11.8 Å². The number of aliphatic hydroxyl groups is 2. The molecule has 0 spiro atoms. The van der Waals surface area contributed by atoms with E-state index in [0.717, 1.165) is 32.2 Å². The summed E-state index contributed by atoms with van der Waals surface area (Å²) >= 11 is 2.06. The summed E-state index contributed by atoms with van der Waals surface area (Å²) in [6.45, 7) is 10.1. The monoisotopic (exact) mass is 423 g/mol. The van der Waals surface area contributed by atoms with Crippen LogP contribution in [-0.4, -0.2) is 58.0 Å². The van der Waals surface area contributed by atoms with Crippen LogP contribution < -0.4 is 0 Å². The second-order valence-corrected chi connectivity index (χ2v) is 11.4. The summed E-state index contributed by atoms with van der Waals surface area (Å²) in [4.78, 5) is 2.42. The topological polar surface area (TPSA) is 43.7 Å². The van der Waals surface area contributed by atoms with Crippen LogP contribution in [0.5, 0.6) is 0 Å². The van der Waals surface area contributed by atoms with E-state index >= 15 is 0 Å². The average Bonchev–Trinajstić information content (AvgIpc) is 3.15. The first-order valence-electron chi connectivity index (χ1n) is 11.8. The molecule has 0 aromatic heterocycles. The molecule has 1 saturated carbocycles. The molecule has 168 valence electrons. The number of allylic oxidation sites excluding steroid dienone is 2. The van der Waals surface area contributed by atoms with Gasteiger partial charge in [-0.25, -0.2) is 0 Å². The van der Waals surface area contributed by atoms with Gasteiger partial charge in [0.25, 0.3) is 0 Å². The van der Waals surface area contributed by atoms with Gasteiger partial charge in [0.15, 0.2) is 0 Å². The van der Waals surface area contributed by atoms with Crippen molar-refractivity contribution in [3.8, 4) is 0 Å². The van der Waals surface area contributed by atoms with Gasteiger partial charge in [-0.3, -0.25) is 0 Å². The Balaban J connectivity index is 1.71. The number of thioether (sulfide) groups is 1. The van der Waals surface area contributed by atoms with E-state index in [1.165, 1.54) is 30.8 Å². The molecule has 5 atom stereocenters. The molecular formula is C25H45NO2S. The summed E-state index contributed by atoms with van der Waals surface area (Å²) in [5, 5.41) is 20.7. The maximum absolute atomic E-state index is 10.5. The Bertz CT molecular complexity index is 539. The highest BCUT2D eigenvalue weighted by molar-refractivity contribution is 7.99. The minimum Gasteiger partial charge on any atom is -0.392 e. The molecule has 3 nitrogen and oxygen atoms in total. The van der Waals surface area contributed by atoms with Crippen molar-refractivity contribution in [2.45, 2.75) is 90.4 Å². The van der Waals surface area contributed by atoms with Crippen molar-refractivity contribution >= 4 is 11.8 Å². The highest BCUT2D eigenvalue weighted by Gasteiger charge is 2.43. The van der Waals surface area contributed by atoms with Gasteiger partial charge >= 0.3 is 0 Å². The smallest absolute Gasteiger partial charge is 0.0721 e. The molecular weight excluding hydrogens is 378 g/mol. The number of nitrogens with zero attached hydrogens (tertiary/aromatic N) is 1. The number of unbranched alkanes of at least 4 members (excludes halogenated alkanes) is 2. The van der Waals surface area contributed by atoms with Gasteiger partial charge < -0.3 is 15.1 Å². The first-order valence-corrected chi connectivity index (χ1v) is 12.9. The number of hydrogen-bond donors (Lipinski definition) is 2. The van der Waals surface area contributed by atoms with Crippen molar-refractivity contribution in [1.82, 2.24) is 4.90 Å². The molecule has 0 amide bonds. The number of fused-ring (bicyclic) bond motifs is 1. The number of rotatable bonds is 12. The molecule has 0 aliphatic heterocycles. The highest BCUT2D eigenvalue weighted by Crippen LogP contribution is 2.48. The fourth-order valence-electron chi connectivity index (χ4n) is 4.59. The van der Waals surface area contributed by atoms with E-state index < -0.39 is 0 Å². The predicted octanol–water partition coefficient (Wildman–Crippen LogP) is 5.28. The fraction of sp³-hybridized carbons (Fsp3) is 0.840. The Labute approximate surface area is 184 Å². The second kappa shape index (κ2) is 11.9. The lowest BCUT2D eigenvalue weighted by molar-refractivity contribution is 0.139. The molecule has 0 unspecified atom stereocenters. The lowest BCUT2D eigenvalue weighted by atomic mass is 9.88. The van der Waals surface area contributed by atoms with Crippen LogP contribution in [-0.2, 0) is 0 Å². The third-order valence-electron chi connectivity index (χ3n) is 6.89. The number of aliphatic hydroxyl groups excluding tert-OH is 2. The first-order chi connectivity index (χ1) is 13.7. The highest BCUT2D eigenvalue weighted by atomic mass is 32.2. The van der Waals surface area contributed by atoms with E-state index in [1.54, 1.807) is 5.57 Å². The predicted molar refractivity (Wildman–Crippen MR) is 127 cm³/mol. The molecule has 2 aliphatic carbocycles. The lowest BCUT2D eigenvalue weighted by Gasteiger charge is -2.31. The van der Waals surface area contributed by atoms with Gasteiger partial charge in [0, 0.05) is 23.8 Å². The van der Waals surface area contributed by atoms with Crippen molar-refractivity contribution in [1.29, 1.82) is 0 Å². The molecule has 2 aliphatic rings. The van der Waals surface area contributed by atoms with Gasteiger partial charge in [-0.1, -0.05) is 50.0 Å². The van der Waals surface area contributed by atoms with E-state index in [9.17, 15) is 10.2 Å². The van der Waals surface area contributed by atoms with Crippen LogP contribution in [0.3, 0.4) is 0 Å². The third kappa shape index (κ3) is 8.05. The van der Waals surface area contributed by atoms with Crippen molar-refractivity contribution < 1.29 is 10.2 Å².